The lowest BCUT2D eigenvalue weighted by atomic mass is 9.94. The molecule has 1 aliphatic heterocycles. The Morgan fingerprint density at radius 1 is 0.902 bits per heavy atom. The molecule has 0 bridgehead atoms. The van der Waals surface area contributed by atoms with Crippen molar-refractivity contribution in [2.24, 2.45) is 0 Å². The molecule has 1 atom stereocenters. The number of hydrogen-bond acceptors (Lipinski definition) is 8. The highest BCUT2D eigenvalue weighted by atomic mass is 16.5. The third-order valence-electron chi connectivity index (χ3n) is 7.02. The normalized spacial score (nSPS) is 16.3. The maximum absolute atomic E-state index is 13.5. The standard InChI is InChI=1S/C32H36N2O7/c1-20-16-22(12-13-24(20)41-19-21-10-8-7-9-11-21)29(35)27-28(34(15-14-33(2)3)32(37)30(27)36)23-17-25(38-4)31(40-6)26(18-23)39-5/h7-13,16-18,28,35H,14-15,19H2,1-6H3/b29-27+/t28-/m0/s1. The predicted octanol–water partition coefficient (Wildman–Crippen LogP) is 4.58. The fraction of sp³-hybridized carbons (Fsp3) is 0.312. The number of aryl methyl sites for hydroxylation is 1. The highest BCUT2D eigenvalue weighted by Crippen LogP contribution is 2.45. The van der Waals surface area contributed by atoms with Crippen molar-refractivity contribution in [2.45, 2.75) is 19.6 Å². The molecule has 1 aliphatic rings. The Morgan fingerprint density at radius 2 is 1.56 bits per heavy atom. The molecule has 1 N–H and O–H groups in total. The van der Waals surface area contributed by atoms with Crippen LogP contribution in [0.5, 0.6) is 23.0 Å². The van der Waals surface area contributed by atoms with Crippen LogP contribution in [0.1, 0.15) is 28.3 Å². The number of aliphatic hydroxyl groups excluding tert-OH is 1. The van der Waals surface area contributed by atoms with Gasteiger partial charge in [-0.3, -0.25) is 9.59 Å². The van der Waals surface area contributed by atoms with Gasteiger partial charge in [-0.05, 0) is 68.0 Å². The molecule has 1 fully saturated rings. The van der Waals surface area contributed by atoms with E-state index in [4.69, 9.17) is 18.9 Å². The third kappa shape index (κ3) is 6.15. The Labute approximate surface area is 240 Å². The molecule has 0 aromatic heterocycles. The summed E-state index contributed by atoms with van der Waals surface area (Å²) in [6.45, 7) is 3.04. The summed E-state index contributed by atoms with van der Waals surface area (Å²) in [5, 5.41) is 11.6. The molecule has 0 spiro atoms. The van der Waals surface area contributed by atoms with Crippen molar-refractivity contribution in [3.05, 3.63) is 88.5 Å². The van der Waals surface area contributed by atoms with E-state index in [1.807, 2.05) is 56.3 Å². The maximum atomic E-state index is 13.5. The van der Waals surface area contributed by atoms with Gasteiger partial charge in [0.1, 0.15) is 18.1 Å². The topological polar surface area (TPSA) is 97.8 Å². The molecule has 216 valence electrons. The van der Waals surface area contributed by atoms with Crippen molar-refractivity contribution >= 4 is 17.4 Å². The number of aliphatic hydroxyl groups is 1. The molecule has 3 aromatic carbocycles. The lowest BCUT2D eigenvalue weighted by Gasteiger charge is -2.27. The lowest BCUT2D eigenvalue weighted by molar-refractivity contribution is -0.140. The van der Waals surface area contributed by atoms with Crippen LogP contribution in [0.3, 0.4) is 0 Å². The molecule has 41 heavy (non-hydrogen) atoms. The van der Waals surface area contributed by atoms with Crippen LogP contribution in [0, 0.1) is 6.92 Å². The van der Waals surface area contributed by atoms with E-state index in [1.165, 1.54) is 26.2 Å². The van der Waals surface area contributed by atoms with Gasteiger partial charge in [0.2, 0.25) is 5.75 Å². The molecule has 0 aliphatic carbocycles. The van der Waals surface area contributed by atoms with E-state index in [0.717, 1.165) is 11.1 Å². The first-order chi connectivity index (χ1) is 19.7. The molecule has 1 amide bonds. The first-order valence-corrected chi connectivity index (χ1v) is 13.2. The number of likely N-dealkylation sites (N-methyl/N-ethyl adjacent to an activating group) is 1. The number of nitrogens with zero attached hydrogens (tertiary/aromatic N) is 2. The van der Waals surface area contributed by atoms with Gasteiger partial charge in [0.25, 0.3) is 11.7 Å². The van der Waals surface area contributed by atoms with Gasteiger partial charge in [0.05, 0.1) is 32.9 Å². The number of Topliss-reactive ketones (excluding diaryl/α,β-unsaturated/α-hetero) is 1. The van der Waals surface area contributed by atoms with E-state index >= 15 is 0 Å². The van der Waals surface area contributed by atoms with E-state index in [2.05, 4.69) is 0 Å². The van der Waals surface area contributed by atoms with Gasteiger partial charge in [-0.2, -0.15) is 0 Å². The molecule has 9 heteroatoms. The molecule has 0 unspecified atom stereocenters. The number of benzene rings is 3. The van der Waals surface area contributed by atoms with E-state index in [1.54, 1.807) is 30.3 Å². The number of ether oxygens (including phenoxy) is 4. The summed E-state index contributed by atoms with van der Waals surface area (Å²) >= 11 is 0. The van der Waals surface area contributed by atoms with E-state index < -0.39 is 17.7 Å². The smallest absolute Gasteiger partial charge is 0.295 e. The number of methoxy groups -OCH3 is 3. The second-order valence-corrected chi connectivity index (χ2v) is 10.0. The van der Waals surface area contributed by atoms with Crippen LogP contribution in [0.15, 0.2) is 66.2 Å². The number of hydrogen-bond donors (Lipinski definition) is 1. The highest BCUT2D eigenvalue weighted by Gasteiger charge is 2.46. The van der Waals surface area contributed by atoms with Gasteiger partial charge in [-0.15, -0.1) is 0 Å². The molecular weight excluding hydrogens is 524 g/mol. The Hall–Kier alpha value is -4.50. The minimum Gasteiger partial charge on any atom is -0.507 e. The van der Waals surface area contributed by atoms with Crippen molar-refractivity contribution in [3.8, 4) is 23.0 Å². The van der Waals surface area contributed by atoms with Crippen LogP contribution >= 0.6 is 0 Å². The summed E-state index contributed by atoms with van der Waals surface area (Å²) in [7, 11) is 8.26. The number of likely N-dealkylation sites (tertiary alicyclic amines) is 1. The average Bonchev–Trinajstić information content (AvgIpc) is 3.23. The van der Waals surface area contributed by atoms with E-state index in [-0.39, 0.29) is 17.9 Å². The minimum absolute atomic E-state index is 0.0135. The molecule has 0 saturated carbocycles. The zero-order chi connectivity index (χ0) is 29.7. The van der Waals surface area contributed by atoms with E-state index in [9.17, 15) is 14.7 Å². The van der Waals surface area contributed by atoms with Crippen LogP contribution in [-0.4, -0.2) is 75.1 Å². The highest BCUT2D eigenvalue weighted by molar-refractivity contribution is 6.46. The van der Waals surface area contributed by atoms with Crippen molar-refractivity contribution in [1.82, 2.24) is 9.80 Å². The van der Waals surface area contributed by atoms with E-state index in [0.29, 0.717) is 47.3 Å². The number of rotatable bonds is 11. The van der Waals surface area contributed by atoms with Crippen molar-refractivity contribution in [2.75, 3.05) is 48.5 Å². The zero-order valence-corrected chi connectivity index (χ0v) is 24.3. The van der Waals surface area contributed by atoms with Crippen LogP contribution in [0.2, 0.25) is 0 Å². The molecule has 3 aromatic rings. The number of carbonyl (C=O) groups is 2. The first kappa shape index (κ1) is 29.5. The SMILES string of the molecule is COc1cc([C@H]2/C(=C(\O)c3ccc(OCc4ccccc4)c(C)c3)C(=O)C(=O)N2CCN(C)C)cc(OC)c1OC. The molecule has 1 heterocycles. The van der Waals surface area contributed by atoms with Gasteiger partial charge < -0.3 is 33.9 Å². The quantitative estimate of drug-likeness (QED) is 0.207. The fourth-order valence-electron chi connectivity index (χ4n) is 4.87. The summed E-state index contributed by atoms with van der Waals surface area (Å²) in [4.78, 5) is 30.2. The summed E-state index contributed by atoms with van der Waals surface area (Å²) in [6.07, 6.45) is 0. The lowest BCUT2D eigenvalue weighted by Crippen LogP contribution is -2.35. The van der Waals surface area contributed by atoms with Crippen molar-refractivity contribution in [1.29, 1.82) is 0 Å². The Bertz CT molecular complexity index is 1420. The number of carbonyl (C=O) groups excluding carboxylic acids is 2. The maximum Gasteiger partial charge on any atom is 0.295 e. The third-order valence-corrected chi connectivity index (χ3v) is 7.02. The van der Waals surface area contributed by atoms with Crippen molar-refractivity contribution in [3.63, 3.8) is 0 Å². The van der Waals surface area contributed by atoms with Crippen molar-refractivity contribution < 1.29 is 33.6 Å². The second-order valence-electron chi connectivity index (χ2n) is 10.0. The van der Waals surface area contributed by atoms with Crippen LogP contribution in [-0.2, 0) is 16.2 Å². The summed E-state index contributed by atoms with van der Waals surface area (Å²) in [5.41, 5.74) is 2.73. The Balaban J connectivity index is 1.79. The summed E-state index contributed by atoms with van der Waals surface area (Å²) in [5.74, 6) is 0.0521. The summed E-state index contributed by atoms with van der Waals surface area (Å²) < 4.78 is 22.5. The number of amides is 1. The zero-order valence-electron chi connectivity index (χ0n) is 24.3. The van der Waals surface area contributed by atoms with Gasteiger partial charge >= 0.3 is 0 Å². The molecule has 4 rings (SSSR count). The Kier molecular flexibility index (Phi) is 9.19. The van der Waals surface area contributed by atoms with Crippen LogP contribution in [0.4, 0.5) is 0 Å². The largest absolute Gasteiger partial charge is 0.507 e. The molecule has 0 radical (unpaired) electrons. The van der Waals surface area contributed by atoms with Crippen LogP contribution < -0.4 is 18.9 Å². The second kappa shape index (κ2) is 12.8. The molecular formula is C32H36N2O7. The minimum atomic E-state index is -0.877. The predicted molar refractivity (Wildman–Crippen MR) is 156 cm³/mol. The monoisotopic (exact) mass is 560 g/mol. The van der Waals surface area contributed by atoms with Gasteiger partial charge in [-0.25, -0.2) is 0 Å². The first-order valence-electron chi connectivity index (χ1n) is 13.2. The molecule has 9 nitrogen and oxygen atoms in total. The fourth-order valence-corrected chi connectivity index (χ4v) is 4.87. The number of ketones is 1. The molecule has 1 saturated heterocycles. The van der Waals surface area contributed by atoms with Crippen LogP contribution in [0.25, 0.3) is 5.76 Å². The Morgan fingerprint density at radius 3 is 2.12 bits per heavy atom. The van der Waals surface area contributed by atoms with Gasteiger partial charge in [0.15, 0.2) is 11.5 Å². The average molecular weight is 561 g/mol. The van der Waals surface area contributed by atoms with Gasteiger partial charge in [0, 0.05) is 18.7 Å². The van der Waals surface area contributed by atoms with Gasteiger partial charge in [-0.1, -0.05) is 30.3 Å². The summed E-state index contributed by atoms with van der Waals surface area (Å²) in [6, 6.07) is 17.5.